The first-order valence-electron chi connectivity index (χ1n) is 5.81. The molecule has 4 heteroatoms. The normalized spacial score (nSPS) is 13.9. The van der Waals surface area contributed by atoms with Gasteiger partial charge in [0.05, 0.1) is 0 Å². The number of alkyl halides is 3. The Morgan fingerprint density at radius 2 is 2.00 bits per heavy atom. The molecule has 0 bridgehead atoms. The zero-order valence-electron chi connectivity index (χ0n) is 10.7. The molecule has 0 heterocycles. The number of halogens is 3. The summed E-state index contributed by atoms with van der Waals surface area (Å²) in [5.41, 5.74) is 1.86. The number of allylic oxidation sites excluding steroid dienone is 2. The van der Waals surface area contributed by atoms with Crippen LogP contribution in [0, 0.1) is 6.92 Å². The molecule has 0 saturated heterocycles. The van der Waals surface area contributed by atoms with Crippen molar-refractivity contribution < 1.29 is 17.9 Å². The molecule has 0 aliphatic rings. The van der Waals surface area contributed by atoms with Crippen LogP contribution in [0.15, 0.2) is 30.4 Å². The van der Waals surface area contributed by atoms with Crippen LogP contribution in [0.2, 0.25) is 0 Å². The summed E-state index contributed by atoms with van der Waals surface area (Å²) < 4.78 is 40.4. The molecule has 0 aliphatic heterocycles. The number of aryl methyl sites for hydroxylation is 1. The minimum atomic E-state index is -4.64. The third-order valence-corrected chi connectivity index (χ3v) is 2.74. The SMILES string of the molecule is CC=CCC(C)c1cc(OC(F)(F)F)ccc1C. The molecule has 0 saturated carbocycles. The molecule has 18 heavy (non-hydrogen) atoms. The van der Waals surface area contributed by atoms with Gasteiger partial charge in [0.1, 0.15) is 5.75 Å². The van der Waals surface area contributed by atoms with E-state index in [1.165, 1.54) is 12.1 Å². The molecule has 1 unspecified atom stereocenters. The first-order chi connectivity index (χ1) is 8.33. The smallest absolute Gasteiger partial charge is 0.406 e. The van der Waals surface area contributed by atoms with E-state index in [0.29, 0.717) is 0 Å². The summed E-state index contributed by atoms with van der Waals surface area (Å²) in [5, 5.41) is 0. The van der Waals surface area contributed by atoms with Crippen molar-refractivity contribution in [3.8, 4) is 5.75 Å². The number of hydrogen-bond donors (Lipinski definition) is 0. The highest BCUT2D eigenvalue weighted by Gasteiger charge is 2.31. The van der Waals surface area contributed by atoms with Crippen LogP contribution in [0.4, 0.5) is 13.2 Å². The molecule has 0 aromatic heterocycles. The van der Waals surface area contributed by atoms with Crippen molar-refractivity contribution >= 4 is 0 Å². The van der Waals surface area contributed by atoms with Gasteiger partial charge in [-0.05, 0) is 49.4 Å². The third kappa shape index (κ3) is 4.43. The van der Waals surface area contributed by atoms with Crippen LogP contribution in [-0.2, 0) is 0 Å². The summed E-state index contributed by atoms with van der Waals surface area (Å²) >= 11 is 0. The molecule has 1 aromatic carbocycles. The Hall–Kier alpha value is -1.45. The largest absolute Gasteiger partial charge is 0.573 e. The van der Waals surface area contributed by atoms with E-state index in [0.717, 1.165) is 17.5 Å². The summed E-state index contributed by atoms with van der Waals surface area (Å²) in [6.45, 7) is 5.79. The second kappa shape index (κ2) is 5.94. The van der Waals surface area contributed by atoms with E-state index in [1.807, 2.05) is 32.9 Å². The van der Waals surface area contributed by atoms with Crippen molar-refractivity contribution in [2.75, 3.05) is 0 Å². The zero-order chi connectivity index (χ0) is 13.8. The van der Waals surface area contributed by atoms with Gasteiger partial charge in [0.25, 0.3) is 0 Å². The maximum atomic E-state index is 12.1. The van der Waals surface area contributed by atoms with Gasteiger partial charge >= 0.3 is 6.36 Å². The summed E-state index contributed by atoms with van der Waals surface area (Å²) in [5.74, 6) is 0.00779. The van der Waals surface area contributed by atoms with Crippen molar-refractivity contribution in [1.29, 1.82) is 0 Å². The fourth-order valence-electron chi connectivity index (χ4n) is 1.81. The van der Waals surface area contributed by atoms with Crippen LogP contribution in [0.1, 0.15) is 37.3 Å². The first-order valence-corrected chi connectivity index (χ1v) is 5.81. The second-order valence-corrected chi connectivity index (χ2v) is 4.27. The third-order valence-electron chi connectivity index (χ3n) is 2.74. The standard InChI is InChI=1S/C14H17F3O/c1-4-5-6-10(2)13-9-12(8-7-11(13)3)18-14(15,16)17/h4-5,7-10H,6H2,1-3H3. The summed E-state index contributed by atoms with van der Waals surface area (Å²) in [4.78, 5) is 0. The Labute approximate surface area is 105 Å². The lowest BCUT2D eigenvalue weighted by atomic mass is 9.93. The molecule has 0 amide bonds. The number of ether oxygens (including phenoxy) is 1. The van der Waals surface area contributed by atoms with Gasteiger partial charge in [-0.2, -0.15) is 0 Å². The van der Waals surface area contributed by atoms with E-state index in [1.54, 1.807) is 6.07 Å². The van der Waals surface area contributed by atoms with Gasteiger partial charge in [0.15, 0.2) is 0 Å². The summed E-state index contributed by atoms with van der Waals surface area (Å²) in [6.07, 6.45) is 0.0925. The lowest BCUT2D eigenvalue weighted by Crippen LogP contribution is -2.17. The van der Waals surface area contributed by atoms with E-state index in [-0.39, 0.29) is 11.7 Å². The average Bonchev–Trinajstić information content (AvgIpc) is 2.26. The maximum Gasteiger partial charge on any atom is 0.573 e. The first kappa shape index (κ1) is 14.6. The average molecular weight is 258 g/mol. The van der Waals surface area contributed by atoms with E-state index in [4.69, 9.17) is 0 Å². The quantitative estimate of drug-likeness (QED) is 0.693. The molecule has 0 fully saturated rings. The van der Waals surface area contributed by atoms with Crippen molar-refractivity contribution in [2.45, 2.75) is 39.5 Å². The van der Waals surface area contributed by atoms with Gasteiger partial charge < -0.3 is 4.74 Å². The number of rotatable bonds is 4. The van der Waals surface area contributed by atoms with Gasteiger partial charge in [0, 0.05) is 0 Å². The van der Waals surface area contributed by atoms with Crippen molar-refractivity contribution in [3.05, 3.63) is 41.5 Å². The second-order valence-electron chi connectivity index (χ2n) is 4.27. The number of benzene rings is 1. The highest BCUT2D eigenvalue weighted by molar-refractivity contribution is 5.37. The Balaban J connectivity index is 2.93. The summed E-state index contributed by atoms with van der Waals surface area (Å²) in [6, 6.07) is 4.47. The van der Waals surface area contributed by atoms with Crippen molar-refractivity contribution in [1.82, 2.24) is 0 Å². The Morgan fingerprint density at radius 1 is 1.33 bits per heavy atom. The van der Waals surface area contributed by atoms with Crippen LogP contribution in [0.3, 0.4) is 0 Å². The van der Waals surface area contributed by atoms with Crippen LogP contribution in [0.5, 0.6) is 5.75 Å². The highest BCUT2D eigenvalue weighted by atomic mass is 19.4. The van der Waals surface area contributed by atoms with E-state index >= 15 is 0 Å². The topological polar surface area (TPSA) is 9.23 Å². The Kier molecular flexibility index (Phi) is 4.82. The predicted molar refractivity (Wildman–Crippen MR) is 65.7 cm³/mol. The zero-order valence-corrected chi connectivity index (χ0v) is 10.7. The minimum Gasteiger partial charge on any atom is -0.406 e. The van der Waals surface area contributed by atoms with Crippen LogP contribution in [-0.4, -0.2) is 6.36 Å². The lowest BCUT2D eigenvalue weighted by Gasteiger charge is -2.16. The minimum absolute atomic E-state index is 0.157. The van der Waals surface area contributed by atoms with Crippen LogP contribution >= 0.6 is 0 Å². The van der Waals surface area contributed by atoms with Crippen LogP contribution in [0.25, 0.3) is 0 Å². The Bertz CT molecular complexity index is 422. The lowest BCUT2D eigenvalue weighted by molar-refractivity contribution is -0.274. The van der Waals surface area contributed by atoms with Crippen molar-refractivity contribution in [3.63, 3.8) is 0 Å². The molecule has 0 N–H and O–H groups in total. The molecular formula is C14H17F3O. The molecule has 1 rings (SSSR count). The van der Waals surface area contributed by atoms with Gasteiger partial charge in [-0.3, -0.25) is 0 Å². The molecule has 100 valence electrons. The molecule has 1 atom stereocenters. The highest BCUT2D eigenvalue weighted by Crippen LogP contribution is 2.30. The molecule has 0 aliphatic carbocycles. The van der Waals surface area contributed by atoms with Gasteiger partial charge in [-0.15, -0.1) is 13.2 Å². The molecule has 0 radical (unpaired) electrons. The van der Waals surface area contributed by atoms with Gasteiger partial charge in [0.2, 0.25) is 0 Å². The molecule has 1 nitrogen and oxygen atoms in total. The molecular weight excluding hydrogens is 241 g/mol. The monoisotopic (exact) mass is 258 g/mol. The molecule has 0 spiro atoms. The molecule has 1 aromatic rings. The fourth-order valence-corrected chi connectivity index (χ4v) is 1.81. The Morgan fingerprint density at radius 3 is 2.56 bits per heavy atom. The fraction of sp³-hybridized carbons (Fsp3) is 0.429. The van der Waals surface area contributed by atoms with E-state index in [2.05, 4.69) is 4.74 Å². The van der Waals surface area contributed by atoms with Gasteiger partial charge in [-0.1, -0.05) is 25.1 Å². The van der Waals surface area contributed by atoms with Gasteiger partial charge in [-0.25, -0.2) is 0 Å². The summed E-state index contributed by atoms with van der Waals surface area (Å²) in [7, 11) is 0. The maximum absolute atomic E-state index is 12.1. The van der Waals surface area contributed by atoms with E-state index < -0.39 is 6.36 Å². The van der Waals surface area contributed by atoms with Crippen molar-refractivity contribution in [2.24, 2.45) is 0 Å². The van der Waals surface area contributed by atoms with E-state index in [9.17, 15) is 13.2 Å². The van der Waals surface area contributed by atoms with Crippen LogP contribution < -0.4 is 4.74 Å². The predicted octanol–water partition coefficient (Wildman–Crippen LogP) is 4.96. The number of hydrogen-bond acceptors (Lipinski definition) is 1.